The lowest BCUT2D eigenvalue weighted by molar-refractivity contribution is -0.128. The Bertz CT molecular complexity index is 1610. The molecule has 2 unspecified atom stereocenters. The minimum atomic E-state index is -1.01. The second kappa shape index (κ2) is 12.9. The third-order valence-corrected chi connectivity index (χ3v) is 7.47. The van der Waals surface area contributed by atoms with Crippen LogP contribution in [0.5, 0.6) is 5.75 Å². The number of fused-ring (bicyclic) bond motifs is 2. The van der Waals surface area contributed by atoms with Crippen LogP contribution in [0.4, 0.5) is 17.1 Å². The Morgan fingerprint density at radius 1 is 0.976 bits per heavy atom. The zero-order chi connectivity index (χ0) is 29.1. The molecule has 1 heterocycles. The predicted molar refractivity (Wildman–Crippen MR) is 168 cm³/mol. The number of anilines is 3. The van der Waals surface area contributed by atoms with E-state index in [4.69, 9.17) is 10.5 Å². The fraction of sp³-hybridized carbons (Fsp3) is 0.219. The minimum absolute atomic E-state index is 0. The highest BCUT2D eigenvalue weighted by Crippen LogP contribution is 2.37. The second-order valence-corrected chi connectivity index (χ2v) is 9.99. The molecule has 0 aliphatic carbocycles. The molecule has 42 heavy (non-hydrogen) atoms. The van der Waals surface area contributed by atoms with Crippen LogP contribution >= 0.6 is 12.4 Å². The minimum Gasteiger partial charge on any atom is -0.496 e. The second-order valence-electron chi connectivity index (χ2n) is 9.99. The smallest absolute Gasteiger partial charge is 0.258 e. The van der Waals surface area contributed by atoms with Gasteiger partial charge >= 0.3 is 0 Å². The molecular formula is C32H34ClN5O4. The number of nitrogens with zero attached hydrogens (tertiary/aromatic N) is 2. The van der Waals surface area contributed by atoms with Crippen LogP contribution in [-0.4, -0.2) is 50.5 Å². The van der Waals surface area contributed by atoms with E-state index >= 15 is 0 Å². The SMILES string of the molecule is CNC(C)C(=O)NC1CN(C(=O)c2ccc(N)cc2)c2ccccc2N(Cc2c(OC)ccc3ccccc23)C1=O.Cl. The number of nitrogens with one attached hydrogen (secondary N) is 2. The Hall–Kier alpha value is -4.60. The van der Waals surface area contributed by atoms with Gasteiger partial charge in [-0.25, -0.2) is 0 Å². The van der Waals surface area contributed by atoms with E-state index in [2.05, 4.69) is 10.6 Å². The highest BCUT2D eigenvalue weighted by molar-refractivity contribution is 6.13. The van der Waals surface area contributed by atoms with Crippen LogP contribution in [-0.2, 0) is 16.1 Å². The van der Waals surface area contributed by atoms with Gasteiger partial charge in [0.05, 0.1) is 37.6 Å². The van der Waals surface area contributed by atoms with Crippen LogP contribution in [0.25, 0.3) is 10.8 Å². The maximum atomic E-state index is 14.3. The van der Waals surface area contributed by atoms with E-state index in [9.17, 15) is 14.4 Å². The molecule has 2 atom stereocenters. The number of amides is 3. The summed E-state index contributed by atoms with van der Waals surface area (Å²) in [6, 6.07) is 24.1. The van der Waals surface area contributed by atoms with Crippen molar-refractivity contribution in [2.45, 2.75) is 25.6 Å². The molecule has 0 saturated carbocycles. The largest absolute Gasteiger partial charge is 0.496 e. The Morgan fingerprint density at radius 3 is 2.33 bits per heavy atom. The van der Waals surface area contributed by atoms with Crippen molar-refractivity contribution in [3.63, 3.8) is 0 Å². The van der Waals surface area contributed by atoms with Gasteiger partial charge in [-0.2, -0.15) is 0 Å². The summed E-state index contributed by atoms with van der Waals surface area (Å²) >= 11 is 0. The summed E-state index contributed by atoms with van der Waals surface area (Å²) in [5.74, 6) is -0.357. The van der Waals surface area contributed by atoms with Crippen LogP contribution in [0.15, 0.2) is 84.9 Å². The molecule has 4 N–H and O–H groups in total. The first-order valence-electron chi connectivity index (χ1n) is 13.4. The predicted octanol–water partition coefficient (Wildman–Crippen LogP) is 4.14. The van der Waals surface area contributed by atoms with Crippen molar-refractivity contribution in [3.05, 3.63) is 96.1 Å². The maximum absolute atomic E-state index is 14.3. The summed E-state index contributed by atoms with van der Waals surface area (Å²) in [6.07, 6.45) is 0. The number of hydrogen-bond donors (Lipinski definition) is 3. The van der Waals surface area contributed by atoms with Gasteiger partial charge in [0.25, 0.3) is 11.8 Å². The van der Waals surface area contributed by atoms with E-state index in [1.54, 1.807) is 55.1 Å². The quantitative estimate of drug-likeness (QED) is 0.280. The number of rotatable bonds is 7. The number of carbonyl (C=O) groups excluding carboxylic acids is 3. The number of likely N-dealkylation sites (N-methyl/N-ethyl adjacent to an activating group) is 1. The first kappa shape index (κ1) is 30.4. The number of ether oxygens (including phenoxy) is 1. The third-order valence-electron chi connectivity index (χ3n) is 7.47. The molecule has 0 spiro atoms. The van der Waals surface area contributed by atoms with Crippen molar-refractivity contribution in [1.29, 1.82) is 0 Å². The molecule has 0 saturated heterocycles. The van der Waals surface area contributed by atoms with Gasteiger partial charge in [0.2, 0.25) is 5.91 Å². The van der Waals surface area contributed by atoms with Gasteiger partial charge in [-0.15, -0.1) is 12.4 Å². The summed E-state index contributed by atoms with van der Waals surface area (Å²) in [7, 11) is 3.27. The Morgan fingerprint density at radius 2 is 1.64 bits per heavy atom. The van der Waals surface area contributed by atoms with Crippen LogP contribution < -0.4 is 30.9 Å². The molecule has 0 aromatic heterocycles. The number of benzene rings is 4. The van der Waals surface area contributed by atoms with E-state index in [0.717, 1.165) is 16.3 Å². The molecule has 0 fully saturated rings. The average molecular weight is 588 g/mol. The van der Waals surface area contributed by atoms with Crippen LogP contribution in [0.1, 0.15) is 22.8 Å². The van der Waals surface area contributed by atoms with E-state index in [0.29, 0.717) is 28.4 Å². The lowest BCUT2D eigenvalue weighted by Gasteiger charge is -2.27. The molecule has 1 aliphatic rings. The normalized spacial score (nSPS) is 15.3. The standard InChI is InChI=1S/C32H33N5O4.ClH/c1-20(34-2)30(38)35-26-19-37(31(39)22-12-15-23(33)16-13-22)28-11-7-6-10-27(28)36(32(26)40)18-25-24-9-5-4-8-21(24)14-17-29(25)41-3;/h4-17,20,26,34H,18-19,33H2,1-3H3,(H,35,38);1H. The summed E-state index contributed by atoms with van der Waals surface area (Å²) in [4.78, 5) is 44.4. The molecule has 4 aromatic carbocycles. The van der Waals surface area contributed by atoms with Crippen molar-refractivity contribution in [3.8, 4) is 5.75 Å². The Labute approximate surface area is 251 Å². The molecule has 0 bridgehead atoms. The fourth-order valence-corrected chi connectivity index (χ4v) is 5.09. The third kappa shape index (κ3) is 5.88. The first-order valence-corrected chi connectivity index (χ1v) is 13.4. The molecule has 1 aliphatic heterocycles. The van der Waals surface area contributed by atoms with Crippen molar-refractivity contribution in [1.82, 2.24) is 10.6 Å². The zero-order valence-corrected chi connectivity index (χ0v) is 24.5. The van der Waals surface area contributed by atoms with Crippen molar-refractivity contribution < 1.29 is 19.1 Å². The maximum Gasteiger partial charge on any atom is 0.258 e. The molecule has 9 nitrogen and oxygen atoms in total. The van der Waals surface area contributed by atoms with E-state index < -0.39 is 12.1 Å². The molecule has 218 valence electrons. The molecule has 10 heteroatoms. The lowest BCUT2D eigenvalue weighted by atomic mass is 10.0. The number of hydrogen-bond acceptors (Lipinski definition) is 6. The average Bonchev–Trinajstić information content (AvgIpc) is 3.11. The van der Waals surface area contributed by atoms with E-state index in [1.807, 2.05) is 60.7 Å². The van der Waals surface area contributed by atoms with Crippen LogP contribution in [0.3, 0.4) is 0 Å². The summed E-state index contributed by atoms with van der Waals surface area (Å²) in [5.41, 5.74) is 8.74. The number of para-hydroxylation sites is 2. The van der Waals surface area contributed by atoms with E-state index in [1.165, 1.54) is 0 Å². The summed E-state index contributed by atoms with van der Waals surface area (Å²) in [5, 5.41) is 7.74. The topological polar surface area (TPSA) is 117 Å². The van der Waals surface area contributed by atoms with E-state index in [-0.39, 0.29) is 43.2 Å². The van der Waals surface area contributed by atoms with Crippen molar-refractivity contribution in [2.75, 3.05) is 36.2 Å². The lowest BCUT2D eigenvalue weighted by Crippen LogP contribution is -2.55. The number of methoxy groups -OCH3 is 1. The van der Waals surface area contributed by atoms with Gasteiger partial charge < -0.3 is 30.9 Å². The van der Waals surface area contributed by atoms with Gasteiger partial charge in [-0.05, 0) is 67.2 Å². The highest BCUT2D eigenvalue weighted by atomic mass is 35.5. The molecule has 0 radical (unpaired) electrons. The van der Waals surface area contributed by atoms with Crippen molar-refractivity contribution in [2.24, 2.45) is 0 Å². The monoisotopic (exact) mass is 587 g/mol. The number of carbonyl (C=O) groups is 3. The Balaban J connectivity index is 0.00000405. The fourth-order valence-electron chi connectivity index (χ4n) is 5.09. The zero-order valence-electron chi connectivity index (χ0n) is 23.7. The van der Waals surface area contributed by atoms with Crippen LogP contribution in [0.2, 0.25) is 0 Å². The molecule has 3 amide bonds. The van der Waals surface area contributed by atoms with Gasteiger partial charge in [-0.3, -0.25) is 14.4 Å². The van der Waals surface area contributed by atoms with Gasteiger partial charge in [0.15, 0.2) is 0 Å². The number of nitrogen functional groups attached to an aromatic ring is 1. The van der Waals surface area contributed by atoms with Gasteiger partial charge in [-0.1, -0.05) is 42.5 Å². The first-order chi connectivity index (χ1) is 19.8. The van der Waals surface area contributed by atoms with Gasteiger partial charge in [0.1, 0.15) is 11.8 Å². The Kier molecular flexibility index (Phi) is 9.35. The van der Waals surface area contributed by atoms with Crippen molar-refractivity contribution >= 4 is 58.0 Å². The number of nitrogens with two attached hydrogens (primary N) is 1. The molecule has 5 rings (SSSR count). The summed E-state index contributed by atoms with van der Waals surface area (Å²) in [6.45, 7) is 1.82. The highest BCUT2D eigenvalue weighted by Gasteiger charge is 2.38. The number of halogens is 1. The van der Waals surface area contributed by atoms with Crippen LogP contribution in [0, 0.1) is 0 Å². The summed E-state index contributed by atoms with van der Waals surface area (Å²) < 4.78 is 5.72. The molecular weight excluding hydrogens is 554 g/mol. The van der Waals surface area contributed by atoms with Gasteiger partial charge in [0, 0.05) is 16.8 Å². The molecule has 4 aromatic rings.